The number of hydrogen-bond donors (Lipinski definition) is 1. The molecule has 0 saturated heterocycles. The van der Waals surface area contributed by atoms with Crippen molar-refractivity contribution in [2.24, 2.45) is 0 Å². The average Bonchev–Trinajstić information content (AvgIpc) is 2.58. The number of aliphatic hydroxyl groups is 1. The third-order valence-electron chi connectivity index (χ3n) is 2.58. The van der Waals surface area contributed by atoms with Crippen LogP contribution in [-0.2, 0) is 4.74 Å². The lowest BCUT2D eigenvalue weighted by Crippen LogP contribution is -2.31. The summed E-state index contributed by atoms with van der Waals surface area (Å²) in [6, 6.07) is 0.147. The van der Waals surface area contributed by atoms with E-state index in [4.69, 9.17) is 4.74 Å². The molecule has 0 spiro atoms. The summed E-state index contributed by atoms with van der Waals surface area (Å²) in [5.41, 5.74) is -0.325. The first kappa shape index (κ1) is 12.0. The Labute approximate surface area is 99.6 Å². The first-order valence-electron chi connectivity index (χ1n) is 5.68. The highest BCUT2D eigenvalue weighted by atomic mass is 16.6. The minimum absolute atomic E-state index is 0.147. The lowest BCUT2D eigenvalue weighted by atomic mass is 9.90. The van der Waals surface area contributed by atoms with Crippen molar-refractivity contribution in [3.8, 4) is 0 Å². The molecule has 0 amide bonds. The van der Waals surface area contributed by atoms with Crippen molar-refractivity contribution >= 4 is 5.97 Å². The van der Waals surface area contributed by atoms with Gasteiger partial charge in [-0.15, -0.1) is 5.10 Å². The predicted octanol–water partition coefficient (Wildman–Crippen LogP) is 0.929. The van der Waals surface area contributed by atoms with Gasteiger partial charge in [0.15, 0.2) is 5.69 Å². The Morgan fingerprint density at radius 2 is 2.18 bits per heavy atom. The molecule has 6 heteroatoms. The molecule has 1 aliphatic carbocycles. The Bertz CT molecular complexity index is 416. The molecule has 94 valence electrons. The Morgan fingerprint density at radius 3 is 2.71 bits per heavy atom. The number of esters is 1. The van der Waals surface area contributed by atoms with Gasteiger partial charge in [-0.1, -0.05) is 5.21 Å². The number of nitrogens with zero attached hydrogens (tertiary/aromatic N) is 3. The number of aliphatic hydroxyl groups excluding tert-OH is 1. The highest BCUT2D eigenvalue weighted by molar-refractivity contribution is 5.87. The standard InChI is InChI=1S/C11H17N3O3/c1-11(2,3)17-10(16)9-6-14(13-12-9)7-4-8(15)5-7/h6-8,15H,4-5H2,1-3H3. The lowest BCUT2D eigenvalue weighted by molar-refractivity contribution is 0.00626. The molecule has 6 nitrogen and oxygen atoms in total. The van der Waals surface area contributed by atoms with Crippen LogP contribution in [0.15, 0.2) is 6.20 Å². The summed E-state index contributed by atoms with van der Waals surface area (Å²) >= 11 is 0. The number of carbonyl (C=O) groups excluding carboxylic acids is 1. The van der Waals surface area contributed by atoms with Crippen LogP contribution in [0.5, 0.6) is 0 Å². The zero-order valence-corrected chi connectivity index (χ0v) is 10.3. The van der Waals surface area contributed by atoms with Gasteiger partial charge in [-0.2, -0.15) is 0 Å². The molecule has 17 heavy (non-hydrogen) atoms. The normalized spacial score (nSPS) is 24.2. The highest BCUT2D eigenvalue weighted by Gasteiger charge is 2.30. The summed E-state index contributed by atoms with van der Waals surface area (Å²) in [4.78, 5) is 11.7. The first-order valence-corrected chi connectivity index (χ1v) is 5.68. The van der Waals surface area contributed by atoms with Crippen molar-refractivity contribution in [1.82, 2.24) is 15.0 Å². The summed E-state index contributed by atoms with van der Waals surface area (Å²) < 4.78 is 6.80. The van der Waals surface area contributed by atoms with E-state index < -0.39 is 11.6 Å². The van der Waals surface area contributed by atoms with Crippen molar-refractivity contribution in [3.63, 3.8) is 0 Å². The van der Waals surface area contributed by atoms with Crippen LogP contribution >= 0.6 is 0 Å². The van der Waals surface area contributed by atoms with E-state index in [0.717, 1.165) is 0 Å². The van der Waals surface area contributed by atoms with E-state index in [1.807, 2.05) is 0 Å². The van der Waals surface area contributed by atoms with E-state index >= 15 is 0 Å². The number of aromatic nitrogens is 3. The van der Waals surface area contributed by atoms with Gasteiger partial charge >= 0.3 is 5.97 Å². The number of hydrogen-bond acceptors (Lipinski definition) is 5. The van der Waals surface area contributed by atoms with E-state index in [1.165, 1.54) is 0 Å². The van der Waals surface area contributed by atoms with Crippen molar-refractivity contribution in [2.75, 3.05) is 0 Å². The largest absolute Gasteiger partial charge is 0.455 e. The molecule has 0 bridgehead atoms. The molecule has 0 aliphatic heterocycles. The molecule has 1 N–H and O–H groups in total. The van der Waals surface area contributed by atoms with E-state index in [2.05, 4.69) is 10.3 Å². The van der Waals surface area contributed by atoms with Gasteiger partial charge in [0.25, 0.3) is 0 Å². The SMILES string of the molecule is CC(C)(C)OC(=O)c1cn(C2CC(O)C2)nn1. The third kappa shape index (κ3) is 2.82. The fourth-order valence-corrected chi connectivity index (χ4v) is 1.65. The maximum absolute atomic E-state index is 11.7. The first-order chi connectivity index (χ1) is 7.85. The lowest BCUT2D eigenvalue weighted by Gasteiger charge is -2.30. The van der Waals surface area contributed by atoms with Gasteiger partial charge in [-0.05, 0) is 33.6 Å². The molecule has 1 aromatic heterocycles. The van der Waals surface area contributed by atoms with Gasteiger partial charge in [0.2, 0.25) is 0 Å². The van der Waals surface area contributed by atoms with Crippen LogP contribution in [0, 0.1) is 0 Å². The Kier molecular flexibility index (Phi) is 2.91. The molecule has 0 atom stereocenters. The van der Waals surface area contributed by atoms with Gasteiger partial charge < -0.3 is 9.84 Å². The minimum atomic E-state index is -0.534. The fraction of sp³-hybridized carbons (Fsp3) is 0.727. The van der Waals surface area contributed by atoms with Gasteiger partial charge in [0.1, 0.15) is 5.60 Å². The van der Waals surface area contributed by atoms with Crippen LogP contribution in [0.25, 0.3) is 0 Å². The zero-order valence-electron chi connectivity index (χ0n) is 10.3. The second kappa shape index (κ2) is 4.10. The predicted molar refractivity (Wildman–Crippen MR) is 59.5 cm³/mol. The molecule has 0 radical (unpaired) electrons. The van der Waals surface area contributed by atoms with Crippen LogP contribution < -0.4 is 0 Å². The second-order valence-electron chi connectivity index (χ2n) is 5.36. The minimum Gasteiger partial charge on any atom is -0.455 e. The molecule has 1 aliphatic rings. The van der Waals surface area contributed by atoms with Gasteiger partial charge in [-0.3, -0.25) is 0 Å². The Morgan fingerprint density at radius 1 is 1.53 bits per heavy atom. The molecular weight excluding hydrogens is 222 g/mol. The topological polar surface area (TPSA) is 77.2 Å². The maximum atomic E-state index is 11.7. The summed E-state index contributed by atoms with van der Waals surface area (Å²) in [5, 5.41) is 16.9. The Balaban J connectivity index is 2.01. The third-order valence-corrected chi connectivity index (χ3v) is 2.58. The van der Waals surface area contributed by atoms with E-state index in [-0.39, 0.29) is 17.8 Å². The van der Waals surface area contributed by atoms with Crippen LogP contribution in [-0.4, -0.2) is 37.8 Å². The van der Waals surface area contributed by atoms with Crippen LogP contribution in [0.2, 0.25) is 0 Å². The molecule has 2 rings (SSSR count). The van der Waals surface area contributed by atoms with E-state index in [9.17, 15) is 9.90 Å². The van der Waals surface area contributed by atoms with Gasteiger partial charge in [0.05, 0.1) is 18.3 Å². The average molecular weight is 239 g/mol. The van der Waals surface area contributed by atoms with Crippen LogP contribution in [0.4, 0.5) is 0 Å². The van der Waals surface area contributed by atoms with E-state index in [0.29, 0.717) is 12.8 Å². The monoisotopic (exact) mass is 239 g/mol. The number of carbonyl (C=O) groups is 1. The van der Waals surface area contributed by atoms with Gasteiger partial charge in [-0.25, -0.2) is 9.48 Å². The van der Waals surface area contributed by atoms with Crippen molar-refractivity contribution in [3.05, 3.63) is 11.9 Å². The molecule has 1 fully saturated rings. The highest BCUT2D eigenvalue weighted by Crippen LogP contribution is 2.31. The molecule has 0 aromatic carbocycles. The summed E-state index contributed by atoms with van der Waals surface area (Å²) in [5.74, 6) is -0.469. The number of ether oxygens (including phenoxy) is 1. The van der Waals surface area contributed by atoms with Crippen molar-refractivity contribution in [2.45, 2.75) is 51.4 Å². The quantitative estimate of drug-likeness (QED) is 0.777. The zero-order chi connectivity index (χ0) is 12.6. The van der Waals surface area contributed by atoms with Crippen LogP contribution in [0.1, 0.15) is 50.1 Å². The smallest absolute Gasteiger partial charge is 0.361 e. The summed E-state index contributed by atoms with van der Waals surface area (Å²) in [6.07, 6.45) is 2.65. The van der Waals surface area contributed by atoms with Crippen molar-refractivity contribution < 1.29 is 14.6 Å². The molecule has 0 unspecified atom stereocenters. The van der Waals surface area contributed by atoms with Gasteiger partial charge in [0, 0.05) is 0 Å². The Hall–Kier alpha value is -1.43. The number of rotatable bonds is 2. The maximum Gasteiger partial charge on any atom is 0.361 e. The fourth-order valence-electron chi connectivity index (χ4n) is 1.65. The summed E-state index contributed by atoms with van der Waals surface area (Å²) in [7, 11) is 0. The molecule has 1 aromatic rings. The molecule has 1 heterocycles. The molecular formula is C11H17N3O3. The summed E-state index contributed by atoms with van der Waals surface area (Å²) in [6.45, 7) is 5.41. The van der Waals surface area contributed by atoms with E-state index in [1.54, 1.807) is 31.6 Å². The van der Waals surface area contributed by atoms with Crippen molar-refractivity contribution in [1.29, 1.82) is 0 Å². The van der Waals surface area contributed by atoms with Crippen LogP contribution in [0.3, 0.4) is 0 Å². The molecule has 1 saturated carbocycles. The second-order valence-corrected chi connectivity index (χ2v) is 5.36.